The highest BCUT2D eigenvalue weighted by atomic mass is 33.2. The first-order valence-corrected chi connectivity index (χ1v) is 9.96. The van der Waals surface area contributed by atoms with Crippen LogP contribution in [0.15, 0.2) is 0 Å². The Labute approximate surface area is 117 Å². The molecule has 4 bridgehead atoms. The number of hydrogen-bond acceptors (Lipinski definition) is 2. The lowest BCUT2D eigenvalue weighted by Crippen LogP contribution is -2.56. The molecule has 0 aromatic heterocycles. The predicted molar refractivity (Wildman–Crippen MR) is 78.5 cm³/mol. The lowest BCUT2D eigenvalue weighted by Gasteiger charge is -2.60. The van der Waals surface area contributed by atoms with E-state index < -0.39 is 9.83 Å². The van der Waals surface area contributed by atoms with Gasteiger partial charge in [-0.2, -0.15) is 0 Å². The van der Waals surface area contributed by atoms with Crippen LogP contribution in [0, 0.1) is 28.6 Å². The first-order chi connectivity index (χ1) is 8.36. The van der Waals surface area contributed by atoms with E-state index in [1.165, 1.54) is 38.5 Å². The van der Waals surface area contributed by atoms with Crippen molar-refractivity contribution in [3.05, 3.63) is 0 Å². The molecule has 0 amide bonds. The van der Waals surface area contributed by atoms with E-state index >= 15 is 0 Å². The van der Waals surface area contributed by atoms with Crippen LogP contribution < -0.4 is 0 Å². The van der Waals surface area contributed by atoms with Gasteiger partial charge in [-0.25, -0.2) is 4.21 Å². The molecule has 3 heteroatoms. The van der Waals surface area contributed by atoms with Gasteiger partial charge < -0.3 is 0 Å². The van der Waals surface area contributed by atoms with Crippen molar-refractivity contribution in [1.82, 2.24) is 0 Å². The Hall–Kier alpha value is 0.500. The molecule has 4 aliphatic carbocycles. The Bertz CT molecular complexity index is 387. The molecule has 0 spiro atoms. The van der Waals surface area contributed by atoms with Gasteiger partial charge in [0.05, 0.1) is 0 Å². The van der Waals surface area contributed by atoms with E-state index in [1.54, 1.807) is 10.8 Å². The molecule has 0 aromatic rings. The Kier molecular flexibility index (Phi) is 2.31. The monoisotopic (exact) mass is 284 g/mol. The summed E-state index contributed by atoms with van der Waals surface area (Å²) in [5.74, 6) is 2.90. The lowest BCUT2D eigenvalue weighted by molar-refractivity contribution is -0.0731. The topological polar surface area (TPSA) is 17.1 Å². The second-order valence-electron chi connectivity index (χ2n) is 8.38. The van der Waals surface area contributed by atoms with Crippen LogP contribution >= 0.6 is 10.8 Å². The van der Waals surface area contributed by atoms with Crippen LogP contribution in [0.3, 0.4) is 0 Å². The van der Waals surface area contributed by atoms with E-state index in [-0.39, 0.29) is 9.49 Å². The highest BCUT2D eigenvalue weighted by Gasteiger charge is 2.75. The molecule has 1 nitrogen and oxygen atoms in total. The molecule has 1 unspecified atom stereocenters. The van der Waals surface area contributed by atoms with Crippen molar-refractivity contribution < 1.29 is 4.21 Å². The average molecular weight is 284 g/mol. The Morgan fingerprint density at radius 1 is 1.00 bits per heavy atom. The van der Waals surface area contributed by atoms with E-state index in [9.17, 15) is 4.21 Å². The summed E-state index contributed by atoms with van der Waals surface area (Å²) >= 11 is 0. The summed E-state index contributed by atoms with van der Waals surface area (Å²) in [5, 5.41) is 0. The third-order valence-corrected chi connectivity index (χ3v) is 10.9. The molecule has 2 atom stereocenters. The molecule has 0 aromatic carbocycles. The SMILES string of the molecule is CC(C)(C)[C@]1(C23CC4CC(CC(C4)C2)C3)SS1=O. The fraction of sp³-hybridized carbons (Fsp3) is 1.00. The van der Waals surface area contributed by atoms with E-state index in [4.69, 9.17) is 0 Å². The van der Waals surface area contributed by atoms with Crippen LogP contribution in [0.4, 0.5) is 0 Å². The summed E-state index contributed by atoms with van der Waals surface area (Å²) in [6.45, 7) is 6.97. The smallest absolute Gasteiger partial charge is 0.124 e. The highest BCUT2D eigenvalue weighted by Crippen LogP contribution is 2.78. The maximum Gasteiger partial charge on any atom is 0.124 e. The molecule has 1 saturated heterocycles. The Morgan fingerprint density at radius 3 is 1.67 bits per heavy atom. The van der Waals surface area contributed by atoms with E-state index in [0.29, 0.717) is 5.41 Å². The standard InChI is InChI=1S/C15H24OS2/c1-13(2,3)15(17-18(15)16)14-7-10-4-11(8-14)6-12(5-10)9-14/h10-12H,4-9H2,1-3H3/t10?,11?,12?,14?,15-,18?/m0/s1. The molecule has 5 rings (SSSR count). The van der Waals surface area contributed by atoms with Crippen LogP contribution in [-0.2, 0) is 9.83 Å². The molecule has 18 heavy (non-hydrogen) atoms. The molecule has 0 N–H and O–H groups in total. The fourth-order valence-corrected chi connectivity index (χ4v) is 11.3. The Morgan fingerprint density at radius 2 is 1.39 bits per heavy atom. The van der Waals surface area contributed by atoms with Crippen molar-refractivity contribution in [2.75, 3.05) is 0 Å². The predicted octanol–water partition coefficient (Wildman–Crippen LogP) is 4.36. The lowest BCUT2D eigenvalue weighted by atomic mass is 9.47. The maximum atomic E-state index is 12.4. The van der Waals surface area contributed by atoms with Crippen molar-refractivity contribution >= 4 is 20.6 Å². The third-order valence-electron chi connectivity index (χ3n) is 6.13. The quantitative estimate of drug-likeness (QED) is 0.526. The molecule has 1 aliphatic heterocycles. The highest BCUT2D eigenvalue weighted by molar-refractivity contribution is 8.86. The average Bonchev–Trinajstić information content (AvgIpc) is 2.89. The van der Waals surface area contributed by atoms with E-state index in [1.807, 2.05) is 0 Å². The second kappa shape index (κ2) is 3.39. The fourth-order valence-electron chi connectivity index (χ4n) is 6.04. The molecule has 0 radical (unpaired) electrons. The molecule has 5 fully saturated rings. The van der Waals surface area contributed by atoms with Crippen LogP contribution in [0.25, 0.3) is 0 Å². The molecular formula is C15H24OS2. The van der Waals surface area contributed by atoms with Gasteiger partial charge in [0.25, 0.3) is 0 Å². The van der Waals surface area contributed by atoms with Crippen LogP contribution in [-0.4, -0.2) is 8.29 Å². The first kappa shape index (κ1) is 12.3. The number of hydrogen-bond donors (Lipinski definition) is 0. The maximum absolute atomic E-state index is 12.4. The van der Waals surface area contributed by atoms with Gasteiger partial charge >= 0.3 is 0 Å². The summed E-state index contributed by atoms with van der Waals surface area (Å²) in [5.41, 5.74) is 0.615. The van der Waals surface area contributed by atoms with Gasteiger partial charge in [-0.3, -0.25) is 0 Å². The zero-order valence-electron chi connectivity index (χ0n) is 11.7. The molecule has 102 valence electrons. The van der Waals surface area contributed by atoms with Crippen LogP contribution in [0.1, 0.15) is 59.3 Å². The second-order valence-corrected chi connectivity index (χ2v) is 11.9. The van der Waals surface area contributed by atoms with Crippen molar-refractivity contribution in [2.24, 2.45) is 28.6 Å². The van der Waals surface area contributed by atoms with Crippen molar-refractivity contribution in [2.45, 2.75) is 63.4 Å². The van der Waals surface area contributed by atoms with E-state index in [0.717, 1.165) is 17.8 Å². The van der Waals surface area contributed by atoms with Crippen molar-refractivity contribution in [3.63, 3.8) is 0 Å². The largest absolute Gasteiger partial charge is 0.246 e. The third kappa shape index (κ3) is 1.33. The van der Waals surface area contributed by atoms with Gasteiger partial charge in [0.1, 0.15) is 13.9 Å². The van der Waals surface area contributed by atoms with Gasteiger partial charge in [-0.05, 0) is 77.9 Å². The van der Waals surface area contributed by atoms with Crippen LogP contribution in [0.2, 0.25) is 0 Å². The van der Waals surface area contributed by atoms with Crippen molar-refractivity contribution in [1.29, 1.82) is 0 Å². The van der Waals surface area contributed by atoms with Gasteiger partial charge in [0.2, 0.25) is 0 Å². The van der Waals surface area contributed by atoms with E-state index in [2.05, 4.69) is 20.8 Å². The minimum absolute atomic E-state index is 0.0933. The minimum Gasteiger partial charge on any atom is -0.246 e. The molecule has 4 saturated carbocycles. The zero-order valence-corrected chi connectivity index (χ0v) is 13.3. The molecule has 1 heterocycles. The summed E-state index contributed by atoms with van der Waals surface area (Å²) in [4.78, 5) is 0. The summed E-state index contributed by atoms with van der Waals surface area (Å²) in [6.07, 6.45) is 8.60. The minimum atomic E-state index is -0.623. The van der Waals surface area contributed by atoms with Crippen molar-refractivity contribution in [3.8, 4) is 0 Å². The first-order valence-electron chi connectivity index (χ1n) is 7.48. The Balaban J connectivity index is 1.78. The van der Waals surface area contributed by atoms with Gasteiger partial charge in [-0.1, -0.05) is 20.8 Å². The summed E-state index contributed by atoms with van der Waals surface area (Å²) in [6, 6.07) is 0. The van der Waals surface area contributed by atoms with Gasteiger partial charge in [-0.15, -0.1) is 0 Å². The summed E-state index contributed by atoms with van der Waals surface area (Å²) < 4.78 is 12.5. The van der Waals surface area contributed by atoms with Crippen LogP contribution in [0.5, 0.6) is 0 Å². The van der Waals surface area contributed by atoms with Gasteiger partial charge in [0.15, 0.2) is 0 Å². The summed E-state index contributed by atoms with van der Waals surface area (Å²) in [7, 11) is 1.18. The normalized spacial score (nSPS) is 57.9. The molecular weight excluding hydrogens is 260 g/mol. The molecule has 5 aliphatic rings. The zero-order chi connectivity index (χ0) is 12.8. The van der Waals surface area contributed by atoms with Gasteiger partial charge in [0, 0.05) is 0 Å². The number of rotatable bonds is 1.